The topological polar surface area (TPSA) is 128 Å². The standard InChI is InChI=1S/C16H31N5O4/c1-3-18-13(22)5-7-15(24)20-11-9-17-10-12-21-16(25)8-6-14(23)19-4-2/h17H,3-12H2,1-2H3,(H,18,22)(H,19,23)(H,20,24)(H,21,25). The predicted molar refractivity (Wildman–Crippen MR) is 94.7 cm³/mol. The van der Waals surface area contributed by atoms with Gasteiger partial charge in [-0.2, -0.15) is 0 Å². The third kappa shape index (κ3) is 15.1. The zero-order chi connectivity index (χ0) is 18.9. The Morgan fingerprint density at radius 3 is 1.16 bits per heavy atom. The zero-order valence-corrected chi connectivity index (χ0v) is 15.2. The molecule has 0 aromatic carbocycles. The third-order valence-corrected chi connectivity index (χ3v) is 3.15. The Morgan fingerprint density at radius 2 is 0.840 bits per heavy atom. The minimum atomic E-state index is -0.160. The summed E-state index contributed by atoms with van der Waals surface area (Å²) in [5, 5.41) is 13.8. The molecule has 4 amide bonds. The van der Waals surface area contributed by atoms with Gasteiger partial charge in [-0.15, -0.1) is 0 Å². The highest BCUT2D eigenvalue weighted by atomic mass is 16.2. The molecule has 9 heteroatoms. The highest BCUT2D eigenvalue weighted by Crippen LogP contribution is 1.89. The van der Waals surface area contributed by atoms with Gasteiger partial charge in [-0.1, -0.05) is 0 Å². The van der Waals surface area contributed by atoms with Crippen LogP contribution in [0, 0.1) is 0 Å². The van der Waals surface area contributed by atoms with E-state index in [4.69, 9.17) is 0 Å². The molecular formula is C16H31N5O4. The van der Waals surface area contributed by atoms with E-state index in [9.17, 15) is 19.2 Å². The van der Waals surface area contributed by atoms with E-state index in [1.807, 2.05) is 13.8 Å². The van der Waals surface area contributed by atoms with E-state index in [1.54, 1.807) is 0 Å². The molecule has 0 aromatic rings. The normalized spacial score (nSPS) is 10.0. The van der Waals surface area contributed by atoms with Crippen molar-refractivity contribution in [1.29, 1.82) is 0 Å². The van der Waals surface area contributed by atoms with Crippen LogP contribution >= 0.6 is 0 Å². The lowest BCUT2D eigenvalue weighted by Gasteiger charge is -2.08. The summed E-state index contributed by atoms with van der Waals surface area (Å²) in [6.45, 7) is 6.84. The number of rotatable bonds is 14. The highest BCUT2D eigenvalue weighted by molar-refractivity contribution is 5.84. The van der Waals surface area contributed by atoms with Gasteiger partial charge in [0.05, 0.1) is 0 Å². The van der Waals surface area contributed by atoms with Crippen molar-refractivity contribution < 1.29 is 19.2 Å². The predicted octanol–water partition coefficient (Wildman–Crippen LogP) is -1.36. The van der Waals surface area contributed by atoms with Gasteiger partial charge < -0.3 is 26.6 Å². The molecule has 9 nitrogen and oxygen atoms in total. The molecule has 0 heterocycles. The van der Waals surface area contributed by atoms with Crippen molar-refractivity contribution in [2.45, 2.75) is 39.5 Å². The molecule has 0 rings (SSSR count). The maximum absolute atomic E-state index is 11.5. The van der Waals surface area contributed by atoms with Crippen molar-refractivity contribution in [2.24, 2.45) is 0 Å². The van der Waals surface area contributed by atoms with Crippen molar-refractivity contribution in [2.75, 3.05) is 39.3 Å². The average molecular weight is 357 g/mol. The molecule has 0 unspecified atom stereocenters. The van der Waals surface area contributed by atoms with Crippen molar-refractivity contribution >= 4 is 23.6 Å². The monoisotopic (exact) mass is 357 g/mol. The van der Waals surface area contributed by atoms with Gasteiger partial charge in [0.2, 0.25) is 23.6 Å². The summed E-state index contributed by atoms with van der Waals surface area (Å²) < 4.78 is 0. The van der Waals surface area contributed by atoms with E-state index in [0.717, 1.165) is 0 Å². The van der Waals surface area contributed by atoms with Crippen LogP contribution in [0.4, 0.5) is 0 Å². The van der Waals surface area contributed by atoms with Crippen LogP contribution < -0.4 is 26.6 Å². The molecule has 0 aromatic heterocycles. The van der Waals surface area contributed by atoms with Crippen LogP contribution in [-0.4, -0.2) is 62.9 Å². The Kier molecular flexibility index (Phi) is 14.0. The van der Waals surface area contributed by atoms with E-state index < -0.39 is 0 Å². The van der Waals surface area contributed by atoms with Crippen molar-refractivity contribution in [3.05, 3.63) is 0 Å². The second kappa shape index (κ2) is 15.4. The molecule has 0 saturated carbocycles. The Morgan fingerprint density at radius 1 is 0.520 bits per heavy atom. The molecule has 0 atom stereocenters. The van der Waals surface area contributed by atoms with Gasteiger partial charge in [-0.3, -0.25) is 19.2 Å². The Labute approximate surface area is 149 Å². The summed E-state index contributed by atoms with van der Waals surface area (Å²) in [5.74, 6) is -0.573. The first-order chi connectivity index (χ1) is 12.0. The van der Waals surface area contributed by atoms with E-state index in [1.165, 1.54) is 0 Å². The van der Waals surface area contributed by atoms with Crippen LogP contribution in [-0.2, 0) is 19.2 Å². The second-order valence-electron chi connectivity index (χ2n) is 5.36. The average Bonchev–Trinajstić information content (AvgIpc) is 2.58. The number of hydrogen-bond donors (Lipinski definition) is 5. The smallest absolute Gasteiger partial charge is 0.220 e. The van der Waals surface area contributed by atoms with Crippen LogP contribution in [0.3, 0.4) is 0 Å². The van der Waals surface area contributed by atoms with E-state index in [0.29, 0.717) is 39.3 Å². The summed E-state index contributed by atoms with van der Waals surface area (Å²) in [4.78, 5) is 45.4. The number of hydrogen-bond acceptors (Lipinski definition) is 5. The lowest BCUT2D eigenvalue weighted by Crippen LogP contribution is -2.37. The van der Waals surface area contributed by atoms with Crippen molar-refractivity contribution in [1.82, 2.24) is 26.6 Å². The summed E-state index contributed by atoms with van der Waals surface area (Å²) in [6, 6.07) is 0. The lowest BCUT2D eigenvalue weighted by molar-refractivity contribution is -0.126. The molecule has 25 heavy (non-hydrogen) atoms. The number of nitrogens with one attached hydrogen (secondary N) is 5. The summed E-state index contributed by atoms with van der Waals surface area (Å²) in [6.07, 6.45) is 0.728. The molecule has 0 saturated heterocycles. The third-order valence-electron chi connectivity index (χ3n) is 3.15. The lowest BCUT2D eigenvalue weighted by atomic mass is 10.3. The molecule has 0 aliphatic heterocycles. The van der Waals surface area contributed by atoms with Gasteiger partial charge >= 0.3 is 0 Å². The number of carbonyl (C=O) groups excluding carboxylic acids is 4. The molecule has 144 valence electrons. The fraction of sp³-hybridized carbons (Fsp3) is 0.750. The van der Waals surface area contributed by atoms with Gasteiger partial charge in [0.1, 0.15) is 0 Å². The minimum Gasteiger partial charge on any atom is -0.356 e. The van der Waals surface area contributed by atoms with E-state index >= 15 is 0 Å². The maximum Gasteiger partial charge on any atom is 0.220 e. The minimum absolute atomic E-state index is 0.126. The Bertz CT molecular complexity index is 391. The van der Waals surface area contributed by atoms with E-state index in [2.05, 4.69) is 26.6 Å². The van der Waals surface area contributed by atoms with Gasteiger partial charge in [0, 0.05) is 65.0 Å². The summed E-state index contributed by atoms with van der Waals surface area (Å²) in [7, 11) is 0. The molecule has 0 aliphatic rings. The summed E-state index contributed by atoms with van der Waals surface area (Å²) >= 11 is 0. The first kappa shape index (κ1) is 22.8. The van der Waals surface area contributed by atoms with Gasteiger partial charge in [-0.05, 0) is 13.8 Å². The van der Waals surface area contributed by atoms with Crippen molar-refractivity contribution in [3.63, 3.8) is 0 Å². The number of carbonyl (C=O) groups is 4. The van der Waals surface area contributed by atoms with E-state index in [-0.39, 0.29) is 49.3 Å². The van der Waals surface area contributed by atoms with Crippen LogP contribution in [0.1, 0.15) is 39.5 Å². The van der Waals surface area contributed by atoms with Crippen LogP contribution in [0.2, 0.25) is 0 Å². The largest absolute Gasteiger partial charge is 0.356 e. The second-order valence-corrected chi connectivity index (χ2v) is 5.36. The van der Waals surface area contributed by atoms with Crippen LogP contribution in [0.5, 0.6) is 0 Å². The zero-order valence-electron chi connectivity index (χ0n) is 15.2. The highest BCUT2D eigenvalue weighted by Gasteiger charge is 2.06. The first-order valence-corrected chi connectivity index (χ1v) is 8.77. The molecule has 0 radical (unpaired) electrons. The maximum atomic E-state index is 11.5. The van der Waals surface area contributed by atoms with Gasteiger partial charge in [-0.25, -0.2) is 0 Å². The molecule has 0 fully saturated rings. The van der Waals surface area contributed by atoms with Gasteiger partial charge in [0.15, 0.2) is 0 Å². The molecule has 0 aliphatic carbocycles. The summed E-state index contributed by atoms with van der Waals surface area (Å²) in [5.41, 5.74) is 0. The quantitative estimate of drug-likeness (QED) is 0.245. The molecular weight excluding hydrogens is 326 g/mol. The van der Waals surface area contributed by atoms with Gasteiger partial charge in [0.25, 0.3) is 0 Å². The Balaban J connectivity index is 3.46. The van der Waals surface area contributed by atoms with Crippen LogP contribution in [0.15, 0.2) is 0 Å². The molecule has 5 N–H and O–H groups in total. The fourth-order valence-corrected chi connectivity index (χ4v) is 1.91. The molecule has 0 bridgehead atoms. The van der Waals surface area contributed by atoms with Crippen LogP contribution in [0.25, 0.3) is 0 Å². The SMILES string of the molecule is CCNC(=O)CCC(=O)NCCNCCNC(=O)CCC(=O)NCC. The van der Waals surface area contributed by atoms with Crippen molar-refractivity contribution in [3.8, 4) is 0 Å². The fourth-order valence-electron chi connectivity index (χ4n) is 1.91. The first-order valence-electron chi connectivity index (χ1n) is 8.77. The molecule has 0 spiro atoms. The Hall–Kier alpha value is -2.16. The number of amides is 4.